The van der Waals surface area contributed by atoms with E-state index in [1.54, 1.807) is 6.92 Å². The Balaban J connectivity index is 3.77. The number of nitrogens with one attached hydrogen (secondary N) is 1. The minimum Gasteiger partial charge on any atom is -0.387 e. The summed E-state index contributed by atoms with van der Waals surface area (Å²) >= 11 is 0. The van der Waals surface area contributed by atoms with Gasteiger partial charge in [-0.05, 0) is 34.0 Å². The summed E-state index contributed by atoms with van der Waals surface area (Å²) in [4.78, 5) is 13.1. The Kier molecular flexibility index (Phi) is 6.47. The molecule has 1 unspecified atom stereocenters. The van der Waals surface area contributed by atoms with Gasteiger partial charge in [0.25, 0.3) is 0 Å². The Bertz CT molecular complexity index is 193. The first kappa shape index (κ1) is 14.3. The molecule has 5 heteroatoms. The molecule has 0 saturated carbocycles. The van der Waals surface area contributed by atoms with Gasteiger partial charge in [-0.1, -0.05) is 0 Å². The summed E-state index contributed by atoms with van der Waals surface area (Å²) in [7, 11) is 3.76. The summed E-state index contributed by atoms with van der Waals surface area (Å²) in [6.45, 7) is 3.01. The molecule has 0 aliphatic rings. The van der Waals surface area contributed by atoms with Crippen molar-refractivity contribution in [3.63, 3.8) is 0 Å². The van der Waals surface area contributed by atoms with Crippen molar-refractivity contribution in [2.24, 2.45) is 5.73 Å². The molecular weight excluding hydrogens is 194 g/mol. The number of nitrogens with two attached hydrogens (primary N) is 1. The first-order chi connectivity index (χ1) is 6.87. The lowest BCUT2D eigenvalue weighted by molar-refractivity contribution is -0.122. The number of aliphatic hydroxyl groups is 1. The maximum Gasteiger partial charge on any atom is 0.220 e. The van der Waals surface area contributed by atoms with Crippen molar-refractivity contribution >= 4 is 5.91 Å². The Morgan fingerprint density at radius 3 is 2.60 bits per heavy atom. The first-order valence-electron chi connectivity index (χ1n) is 5.21. The van der Waals surface area contributed by atoms with E-state index in [0.29, 0.717) is 25.9 Å². The smallest absolute Gasteiger partial charge is 0.220 e. The highest BCUT2D eigenvalue weighted by molar-refractivity contribution is 5.75. The zero-order valence-corrected chi connectivity index (χ0v) is 9.92. The van der Waals surface area contributed by atoms with Crippen LogP contribution in [0.5, 0.6) is 0 Å². The zero-order valence-electron chi connectivity index (χ0n) is 9.92. The normalized spacial score (nSPS) is 15.1. The third-order valence-electron chi connectivity index (χ3n) is 1.93. The molecule has 0 spiro atoms. The fourth-order valence-corrected chi connectivity index (χ4v) is 1.38. The Morgan fingerprint density at radius 2 is 2.13 bits per heavy atom. The lowest BCUT2D eigenvalue weighted by Crippen LogP contribution is -2.47. The number of likely N-dealkylation sites (N-methyl/N-ethyl adjacent to an activating group) is 1. The van der Waals surface area contributed by atoms with Crippen LogP contribution >= 0.6 is 0 Å². The van der Waals surface area contributed by atoms with E-state index in [1.807, 2.05) is 19.0 Å². The molecule has 1 amide bonds. The fourth-order valence-electron chi connectivity index (χ4n) is 1.38. The molecule has 0 heterocycles. The maximum atomic E-state index is 11.2. The highest BCUT2D eigenvalue weighted by atomic mass is 16.3. The van der Waals surface area contributed by atoms with Crippen LogP contribution in [0.25, 0.3) is 0 Å². The Hall–Kier alpha value is -0.650. The van der Waals surface area contributed by atoms with Gasteiger partial charge < -0.3 is 21.1 Å². The van der Waals surface area contributed by atoms with Crippen LogP contribution in [0.2, 0.25) is 0 Å². The molecule has 0 fully saturated rings. The van der Waals surface area contributed by atoms with Crippen molar-refractivity contribution in [1.82, 2.24) is 10.2 Å². The number of carbonyl (C=O) groups is 1. The predicted octanol–water partition coefficient (Wildman–Crippen LogP) is -0.846. The third-order valence-corrected chi connectivity index (χ3v) is 1.93. The number of carbonyl (C=O) groups excluding carboxylic acids is 1. The predicted molar refractivity (Wildman–Crippen MR) is 60.5 cm³/mol. The molecule has 0 radical (unpaired) electrons. The molecule has 0 aromatic rings. The van der Waals surface area contributed by atoms with Crippen LogP contribution in [0.4, 0.5) is 0 Å². The monoisotopic (exact) mass is 217 g/mol. The van der Waals surface area contributed by atoms with E-state index in [0.717, 1.165) is 0 Å². The van der Waals surface area contributed by atoms with Crippen molar-refractivity contribution in [2.45, 2.75) is 25.4 Å². The van der Waals surface area contributed by atoms with Gasteiger partial charge in [-0.2, -0.15) is 0 Å². The van der Waals surface area contributed by atoms with E-state index in [9.17, 15) is 9.90 Å². The van der Waals surface area contributed by atoms with Gasteiger partial charge in [0.2, 0.25) is 5.91 Å². The van der Waals surface area contributed by atoms with Crippen molar-refractivity contribution in [3.8, 4) is 0 Å². The number of nitrogens with zero attached hydrogens (tertiary/aromatic N) is 1. The molecule has 4 N–H and O–H groups in total. The van der Waals surface area contributed by atoms with Gasteiger partial charge in [0.15, 0.2) is 0 Å². The number of hydrogen-bond acceptors (Lipinski definition) is 4. The Morgan fingerprint density at radius 1 is 1.53 bits per heavy atom. The SMILES string of the molecule is CN(C)CC(C)(O)CNC(=O)CCCN. The summed E-state index contributed by atoms with van der Waals surface area (Å²) in [6.07, 6.45) is 1.11. The van der Waals surface area contributed by atoms with E-state index in [2.05, 4.69) is 5.32 Å². The van der Waals surface area contributed by atoms with Crippen LogP contribution in [0.1, 0.15) is 19.8 Å². The highest BCUT2D eigenvalue weighted by Gasteiger charge is 2.21. The minimum atomic E-state index is -0.887. The first-order valence-corrected chi connectivity index (χ1v) is 5.21. The van der Waals surface area contributed by atoms with Gasteiger partial charge in [-0.25, -0.2) is 0 Å². The number of amides is 1. The second-order valence-corrected chi connectivity index (χ2v) is 4.40. The number of hydrogen-bond donors (Lipinski definition) is 3. The van der Waals surface area contributed by atoms with Crippen LogP contribution in [0.3, 0.4) is 0 Å². The van der Waals surface area contributed by atoms with Gasteiger partial charge in [-0.3, -0.25) is 4.79 Å². The molecule has 15 heavy (non-hydrogen) atoms. The van der Waals surface area contributed by atoms with Crippen molar-refractivity contribution < 1.29 is 9.90 Å². The lowest BCUT2D eigenvalue weighted by atomic mass is 10.1. The van der Waals surface area contributed by atoms with Crippen molar-refractivity contribution in [2.75, 3.05) is 33.7 Å². The van der Waals surface area contributed by atoms with Crippen LogP contribution in [-0.4, -0.2) is 55.2 Å². The molecule has 0 aliphatic carbocycles. The van der Waals surface area contributed by atoms with Crippen LogP contribution in [0, 0.1) is 0 Å². The molecule has 90 valence electrons. The quantitative estimate of drug-likeness (QED) is 0.519. The summed E-state index contributed by atoms with van der Waals surface area (Å²) < 4.78 is 0. The van der Waals surface area contributed by atoms with E-state index in [1.165, 1.54) is 0 Å². The van der Waals surface area contributed by atoms with E-state index in [-0.39, 0.29) is 12.5 Å². The van der Waals surface area contributed by atoms with Crippen molar-refractivity contribution in [1.29, 1.82) is 0 Å². The topological polar surface area (TPSA) is 78.6 Å². The lowest BCUT2D eigenvalue weighted by Gasteiger charge is -2.27. The van der Waals surface area contributed by atoms with E-state index in [4.69, 9.17) is 5.73 Å². The molecular formula is C10H23N3O2. The molecule has 0 aromatic heterocycles. The maximum absolute atomic E-state index is 11.2. The van der Waals surface area contributed by atoms with Gasteiger partial charge in [0.05, 0.1) is 5.60 Å². The molecule has 1 atom stereocenters. The second-order valence-electron chi connectivity index (χ2n) is 4.40. The average molecular weight is 217 g/mol. The number of rotatable bonds is 7. The zero-order chi connectivity index (χ0) is 11.9. The fraction of sp³-hybridized carbons (Fsp3) is 0.900. The largest absolute Gasteiger partial charge is 0.387 e. The standard InChI is InChI=1S/C10H23N3O2/c1-10(15,8-13(2)3)7-12-9(14)5-4-6-11/h15H,4-8,11H2,1-3H3,(H,12,14). The summed E-state index contributed by atoms with van der Waals surface area (Å²) in [5.74, 6) is -0.0560. The minimum absolute atomic E-state index is 0.0560. The highest BCUT2D eigenvalue weighted by Crippen LogP contribution is 2.02. The summed E-state index contributed by atoms with van der Waals surface area (Å²) in [5, 5.41) is 12.6. The molecule has 0 aromatic carbocycles. The van der Waals surface area contributed by atoms with Gasteiger partial charge >= 0.3 is 0 Å². The van der Waals surface area contributed by atoms with Gasteiger partial charge in [0, 0.05) is 19.5 Å². The molecule has 5 nitrogen and oxygen atoms in total. The van der Waals surface area contributed by atoms with Crippen LogP contribution in [-0.2, 0) is 4.79 Å². The summed E-state index contributed by atoms with van der Waals surface area (Å²) in [6, 6.07) is 0. The van der Waals surface area contributed by atoms with Crippen LogP contribution in [0.15, 0.2) is 0 Å². The molecule has 0 saturated heterocycles. The molecule has 0 bridgehead atoms. The van der Waals surface area contributed by atoms with Gasteiger partial charge in [-0.15, -0.1) is 0 Å². The summed E-state index contributed by atoms with van der Waals surface area (Å²) in [5.41, 5.74) is 4.40. The molecule has 0 aliphatic heterocycles. The average Bonchev–Trinajstić information content (AvgIpc) is 2.09. The van der Waals surface area contributed by atoms with E-state index < -0.39 is 5.60 Å². The third kappa shape index (κ3) is 8.35. The van der Waals surface area contributed by atoms with Crippen molar-refractivity contribution in [3.05, 3.63) is 0 Å². The molecule has 0 rings (SSSR count). The Labute approximate surface area is 91.6 Å². The second kappa shape index (κ2) is 6.76. The van der Waals surface area contributed by atoms with Gasteiger partial charge in [0.1, 0.15) is 0 Å². The van der Waals surface area contributed by atoms with E-state index >= 15 is 0 Å². The van der Waals surface area contributed by atoms with Crippen LogP contribution < -0.4 is 11.1 Å².